The van der Waals surface area contributed by atoms with Gasteiger partial charge in [0.25, 0.3) is 0 Å². The molecular weight excluding hydrogens is 250 g/mol. The third kappa shape index (κ3) is 2.86. The first-order chi connectivity index (χ1) is 9.55. The van der Waals surface area contributed by atoms with E-state index in [1.54, 1.807) is 24.3 Å². The summed E-state index contributed by atoms with van der Waals surface area (Å²) >= 11 is 0. The Morgan fingerprint density at radius 2 is 1.75 bits per heavy atom. The van der Waals surface area contributed by atoms with Crippen molar-refractivity contribution in [3.05, 3.63) is 71.3 Å². The van der Waals surface area contributed by atoms with Gasteiger partial charge in [-0.2, -0.15) is 5.26 Å². The quantitative estimate of drug-likeness (QED) is 0.921. The van der Waals surface area contributed by atoms with E-state index in [2.05, 4.69) is 6.07 Å². The molecule has 0 aliphatic heterocycles. The first-order valence-electron chi connectivity index (χ1n) is 6.34. The van der Waals surface area contributed by atoms with E-state index in [0.717, 1.165) is 11.1 Å². The molecule has 3 heteroatoms. The van der Waals surface area contributed by atoms with Crippen LogP contribution in [0.2, 0.25) is 0 Å². The van der Waals surface area contributed by atoms with Gasteiger partial charge in [-0.25, -0.2) is 4.79 Å². The van der Waals surface area contributed by atoms with E-state index in [4.69, 9.17) is 5.11 Å². The molecule has 1 N–H and O–H groups in total. The highest BCUT2D eigenvalue weighted by Crippen LogP contribution is 2.27. The first kappa shape index (κ1) is 13.8. The van der Waals surface area contributed by atoms with E-state index < -0.39 is 11.4 Å². The van der Waals surface area contributed by atoms with Crippen LogP contribution in [-0.2, 0) is 11.8 Å². The van der Waals surface area contributed by atoms with Crippen LogP contribution >= 0.6 is 0 Å². The molecule has 1 atom stereocenters. The van der Waals surface area contributed by atoms with E-state index in [0.29, 0.717) is 6.42 Å². The Balaban J connectivity index is 2.27. The van der Waals surface area contributed by atoms with Crippen LogP contribution in [0.25, 0.3) is 0 Å². The molecule has 0 aliphatic carbocycles. The van der Waals surface area contributed by atoms with Crippen LogP contribution in [0.15, 0.2) is 54.6 Å². The number of carboxylic acids is 1. The Morgan fingerprint density at radius 3 is 2.25 bits per heavy atom. The van der Waals surface area contributed by atoms with Gasteiger partial charge in [0.15, 0.2) is 0 Å². The van der Waals surface area contributed by atoms with Crippen molar-refractivity contribution in [1.82, 2.24) is 0 Å². The molecule has 20 heavy (non-hydrogen) atoms. The Hall–Kier alpha value is -2.60. The van der Waals surface area contributed by atoms with Gasteiger partial charge >= 0.3 is 5.97 Å². The monoisotopic (exact) mass is 265 g/mol. The van der Waals surface area contributed by atoms with Gasteiger partial charge in [-0.15, -0.1) is 0 Å². The van der Waals surface area contributed by atoms with Crippen molar-refractivity contribution in [3.63, 3.8) is 0 Å². The number of hydrogen-bond donors (Lipinski definition) is 1. The van der Waals surface area contributed by atoms with Crippen molar-refractivity contribution in [2.45, 2.75) is 18.8 Å². The zero-order valence-electron chi connectivity index (χ0n) is 11.2. The van der Waals surface area contributed by atoms with E-state index in [9.17, 15) is 10.1 Å². The maximum atomic E-state index is 10.8. The fraction of sp³-hybridized carbons (Fsp3) is 0.176. The molecule has 0 saturated heterocycles. The zero-order valence-corrected chi connectivity index (χ0v) is 11.2. The SMILES string of the molecule is CC(C#N)(Cc1ccc(C(=O)O)cc1)c1ccccc1. The van der Waals surface area contributed by atoms with Gasteiger partial charge in [-0.05, 0) is 36.6 Å². The minimum Gasteiger partial charge on any atom is -0.478 e. The average Bonchev–Trinajstić information content (AvgIpc) is 2.48. The summed E-state index contributed by atoms with van der Waals surface area (Å²) in [4.78, 5) is 10.8. The molecule has 0 bridgehead atoms. The maximum absolute atomic E-state index is 10.8. The number of benzene rings is 2. The van der Waals surface area contributed by atoms with E-state index in [1.807, 2.05) is 37.3 Å². The summed E-state index contributed by atoms with van der Waals surface area (Å²) in [6, 6.07) is 18.7. The lowest BCUT2D eigenvalue weighted by molar-refractivity contribution is 0.0697. The predicted molar refractivity (Wildman–Crippen MR) is 76.5 cm³/mol. The number of nitriles is 1. The van der Waals surface area contributed by atoms with E-state index >= 15 is 0 Å². The topological polar surface area (TPSA) is 61.1 Å². The summed E-state index contributed by atoms with van der Waals surface area (Å²) in [5.74, 6) is -0.942. The second kappa shape index (κ2) is 5.58. The normalized spacial score (nSPS) is 13.2. The molecular formula is C17H15NO2. The highest BCUT2D eigenvalue weighted by atomic mass is 16.4. The van der Waals surface area contributed by atoms with Gasteiger partial charge in [0, 0.05) is 0 Å². The largest absolute Gasteiger partial charge is 0.478 e. The molecule has 0 spiro atoms. The molecule has 2 aromatic carbocycles. The summed E-state index contributed by atoms with van der Waals surface area (Å²) < 4.78 is 0. The molecule has 0 aromatic heterocycles. The number of aromatic carboxylic acids is 1. The lowest BCUT2D eigenvalue weighted by Gasteiger charge is -2.22. The predicted octanol–water partition coefficient (Wildman–Crippen LogP) is 3.41. The third-order valence-electron chi connectivity index (χ3n) is 3.42. The fourth-order valence-corrected chi connectivity index (χ4v) is 2.19. The molecule has 0 heterocycles. The number of carboxylic acid groups (broad SMARTS) is 1. The molecule has 0 aliphatic rings. The lowest BCUT2D eigenvalue weighted by atomic mass is 9.78. The van der Waals surface area contributed by atoms with Crippen molar-refractivity contribution in [3.8, 4) is 6.07 Å². The van der Waals surface area contributed by atoms with Crippen LogP contribution in [0, 0.1) is 11.3 Å². The van der Waals surface area contributed by atoms with Crippen molar-refractivity contribution in [2.24, 2.45) is 0 Å². The van der Waals surface area contributed by atoms with Crippen LogP contribution < -0.4 is 0 Å². The minimum absolute atomic E-state index is 0.257. The molecule has 0 radical (unpaired) electrons. The van der Waals surface area contributed by atoms with E-state index in [-0.39, 0.29) is 5.56 Å². The number of carbonyl (C=O) groups is 1. The molecule has 2 rings (SSSR count). The van der Waals surface area contributed by atoms with Gasteiger partial charge in [0.1, 0.15) is 0 Å². The van der Waals surface area contributed by atoms with Crippen molar-refractivity contribution in [1.29, 1.82) is 5.26 Å². The zero-order chi connectivity index (χ0) is 14.6. The molecule has 3 nitrogen and oxygen atoms in total. The van der Waals surface area contributed by atoms with Crippen LogP contribution in [0.1, 0.15) is 28.4 Å². The number of hydrogen-bond acceptors (Lipinski definition) is 2. The molecule has 0 saturated carbocycles. The van der Waals surface area contributed by atoms with Crippen LogP contribution in [0.5, 0.6) is 0 Å². The smallest absolute Gasteiger partial charge is 0.335 e. The highest BCUT2D eigenvalue weighted by Gasteiger charge is 2.26. The summed E-state index contributed by atoms with van der Waals surface area (Å²) in [6.45, 7) is 1.90. The van der Waals surface area contributed by atoms with Gasteiger partial charge in [-0.3, -0.25) is 0 Å². The van der Waals surface area contributed by atoms with Crippen LogP contribution in [-0.4, -0.2) is 11.1 Å². The van der Waals surface area contributed by atoms with Gasteiger partial charge in [-0.1, -0.05) is 42.5 Å². The summed E-state index contributed by atoms with van der Waals surface area (Å²) in [5, 5.41) is 18.4. The Morgan fingerprint density at radius 1 is 1.15 bits per heavy atom. The van der Waals surface area contributed by atoms with Crippen LogP contribution in [0.3, 0.4) is 0 Å². The Bertz CT molecular complexity index is 641. The van der Waals surface area contributed by atoms with Gasteiger partial charge < -0.3 is 5.11 Å². The standard InChI is InChI=1S/C17H15NO2/c1-17(12-18,15-5-3-2-4-6-15)11-13-7-9-14(10-8-13)16(19)20/h2-10H,11H2,1H3,(H,19,20). The van der Waals surface area contributed by atoms with Crippen LogP contribution in [0.4, 0.5) is 0 Å². The van der Waals surface area contributed by atoms with Gasteiger partial charge in [0.05, 0.1) is 17.0 Å². The Kier molecular flexibility index (Phi) is 3.86. The first-order valence-corrected chi connectivity index (χ1v) is 6.34. The molecule has 0 amide bonds. The lowest BCUT2D eigenvalue weighted by Crippen LogP contribution is -2.22. The molecule has 1 unspecified atom stereocenters. The van der Waals surface area contributed by atoms with Gasteiger partial charge in [0.2, 0.25) is 0 Å². The summed E-state index contributed by atoms with van der Waals surface area (Å²) in [5.41, 5.74) is 1.55. The second-order valence-corrected chi connectivity index (χ2v) is 4.99. The molecule has 2 aromatic rings. The molecule has 100 valence electrons. The summed E-state index contributed by atoms with van der Waals surface area (Å²) in [7, 11) is 0. The van der Waals surface area contributed by atoms with Crippen molar-refractivity contribution < 1.29 is 9.90 Å². The third-order valence-corrected chi connectivity index (χ3v) is 3.42. The highest BCUT2D eigenvalue weighted by molar-refractivity contribution is 5.87. The van der Waals surface area contributed by atoms with Crippen molar-refractivity contribution in [2.75, 3.05) is 0 Å². The fourth-order valence-electron chi connectivity index (χ4n) is 2.19. The summed E-state index contributed by atoms with van der Waals surface area (Å²) in [6.07, 6.45) is 0.549. The minimum atomic E-state index is -0.942. The van der Waals surface area contributed by atoms with E-state index in [1.165, 1.54) is 0 Å². The Labute approximate surface area is 118 Å². The number of rotatable bonds is 4. The maximum Gasteiger partial charge on any atom is 0.335 e. The average molecular weight is 265 g/mol. The van der Waals surface area contributed by atoms with Crippen molar-refractivity contribution >= 4 is 5.97 Å². The number of nitrogens with zero attached hydrogens (tertiary/aromatic N) is 1. The second-order valence-electron chi connectivity index (χ2n) is 4.99. The molecule has 0 fully saturated rings.